The number of rotatable bonds is 6. The quantitative estimate of drug-likeness (QED) is 0.232. The van der Waals surface area contributed by atoms with E-state index >= 15 is 0 Å². The summed E-state index contributed by atoms with van der Waals surface area (Å²) in [6.07, 6.45) is 3.00. The Balaban J connectivity index is 1.63. The first-order valence-corrected chi connectivity index (χ1v) is 11.2. The van der Waals surface area contributed by atoms with Gasteiger partial charge in [-0.2, -0.15) is 4.31 Å². The molecular formula is C13H17N5O9P2. The van der Waals surface area contributed by atoms with Gasteiger partial charge in [-0.3, -0.25) is 4.52 Å². The molecule has 0 aliphatic heterocycles. The molecule has 0 aromatic carbocycles. The van der Waals surface area contributed by atoms with Gasteiger partial charge in [0.25, 0.3) is 0 Å². The number of fused-ring (bicyclic) bond motifs is 2. The normalized spacial score (nSPS) is 33.4. The Morgan fingerprint density at radius 2 is 1.93 bits per heavy atom. The van der Waals surface area contributed by atoms with Gasteiger partial charge in [0.1, 0.15) is 17.9 Å². The molecule has 0 radical (unpaired) electrons. The van der Waals surface area contributed by atoms with Gasteiger partial charge in [-0.15, -0.1) is 0 Å². The number of allylic oxidation sites excluding steroid dienone is 1. The first-order chi connectivity index (χ1) is 13.5. The summed E-state index contributed by atoms with van der Waals surface area (Å²) in [6, 6.07) is -0.765. The third-order valence-electron chi connectivity index (χ3n) is 5.22. The van der Waals surface area contributed by atoms with Gasteiger partial charge in [-0.05, 0) is 0 Å². The molecule has 7 N–H and O–H groups in total. The molecule has 2 heterocycles. The number of anilines is 1. The molecule has 1 unspecified atom stereocenters. The molecule has 0 amide bonds. The van der Waals surface area contributed by atoms with Gasteiger partial charge in [0.2, 0.25) is 0 Å². The van der Waals surface area contributed by atoms with Crippen molar-refractivity contribution in [3.8, 4) is 0 Å². The molecule has 6 atom stereocenters. The highest BCUT2D eigenvalue weighted by Crippen LogP contribution is 2.62. The van der Waals surface area contributed by atoms with Crippen LogP contribution < -0.4 is 5.73 Å². The topological polar surface area (TPSA) is 223 Å². The Bertz CT molecular complexity index is 1090. The third-order valence-corrected chi connectivity index (χ3v) is 7.35. The number of imidazole rings is 1. The van der Waals surface area contributed by atoms with Crippen molar-refractivity contribution in [2.45, 2.75) is 18.2 Å². The summed E-state index contributed by atoms with van der Waals surface area (Å²) in [5.41, 5.74) is 5.10. The molecule has 2 aliphatic carbocycles. The summed E-state index contributed by atoms with van der Waals surface area (Å²) in [4.78, 5) is 39.0. The molecule has 29 heavy (non-hydrogen) atoms. The predicted octanol–water partition coefficient (Wildman–Crippen LogP) is -0.916. The van der Waals surface area contributed by atoms with Crippen molar-refractivity contribution in [3.05, 3.63) is 24.8 Å². The van der Waals surface area contributed by atoms with E-state index in [1.807, 2.05) is 0 Å². The van der Waals surface area contributed by atoms with E-state index in [9.17, 15) is 24.2 Å². The second kappa shape index (κ2) is 6.64. The Labute approximate surface area is 162 Å². The largest absolute Gasteiger partial charge is 0.481 e. The summed E-state index contributed by atoms with van der Waals surface area (Å²) in [7, 11) is -10.4. The summed E-state index contributed by atoms with van der Waals surface area (Å²) < 4.78 is 32.6. The minimum atomic E-state index is -5.29. The van der Waals surface area contributed by atoms with Crippen molar-refractivity contribution in [1.82, 2.24) is 19.5 Å². The number of phosphoric acid groups is 2. The van der Waals surface area contributed by atoms with Crippen molar-refractivity contribution >= 4 is 32.6 Å². The summed E-state index contributed by atoms with van der Waals surface area (Å²) in [5.74, 6) is -0.438. The summed E-state index contributed by atoms with van der Waals surface area (Å²) >= 11 is 0. The minimum absolute atomic E-state index is 0.135. The maximum atomic E-state index is 11.8. The zero-order chi connectivity index (χ0) is 21.2. The van der Waals surface area contributed by atoms with Crippen molar-refractivity contribution < 1.29 is 42.9 Å². The maximum Gasteiger partial charge on any atom is 0.481 e. The van der Waals surface area contributed by atoms with Gasteiger partial charge >= 0.3 is 15.6 Å². The fourth-order valence-corrected chi connectivity index (χ4v) is 5.56. The maximum absolute atomic E-state index is 11.8. The minimum Gasteiger partial charge on any atom is -0.389 e. The molecule has 0 saturated heterocycles. The third kappa shape index (κ3) is 3.32. The van der Waals surface area contributed by atoms with Crippen LogP contribution in [0.15, 0.2) is 24.8 Å². The van der Waals surface area contributed by atoms with Gasteiger partial charge in [0, 0.05) is 11.3 Å². The van der Waals surface area contributed by atoms with Crippen molar-refractivity contribution in [2.24, 2.45) is 11.3 Å². The van der Waals surface area contributed by atoms with Gasteiger partial charge in [0.05, 0.1) is 25.1 Å². The first kappa shape index (κ1) is 20.5. The van der Waals surface area contributed by atoms with E-state index < -0.39 is 51.8 Å². The Hall–Kier alpha value is -1.73. The van der Waals surface area contributed by atoms with E-state index in [2.05, 4.69) is 19.3 Å². The van der Waals surface area contributed by atoms with E-state index in [-0.39, 0.29) is 5.82 Å². The van der Waals surface area contributed by atoms with E-state index in [0.29, 0.717) is 11.2 Å². The number of aliphatic hydroxyl groups excluding tert-OH is 2. The number of hydrogen-bond acceptors (Lipinski definition) is 10. The van der Waals surface area contributed by atoms with Crippen LogP contribution in [-0.2, 0) is 18.0 Å². The fraction of sp³-hybridized carbons (Fsp3) is 0.462. The first-order valence-electron chi connectivity index (χ1n) is 8.18. The van der Waals surface area contributed by atoms with Gasteiger partial charge in [-0.25, -0.2) is 24.1 Å². The molecule has 1 fully saturated rings. The lowest BCUT2D eigenvalue weighted by molar-refractivity contribution is -0.0360. The zero-order valence-electron chi connectivity index (χ0n) is 14.5. The lowest BCUT2D eigenvalue weighted by Gasteiger charge is -2.41. The van der Waals surface area contributed by atoms with E-state index in [4.69, 9.17) is 20.0 Å². The van der Waals surface area contributed by atoms with E-state index in [1.54, 1.807) is 6.08 Å². The number of phosphoric ester groups is 1. The molecule has 0 bridgehead atoms. The van der Waals surface area contributed by atoms with Crippen LogP contribution in [0.1, 0.15) is 6.04 Å². The molecule has 0 spiro atoms. The van der Waals surface area contributed by atoms with Crippen LogP contribution in [0.2, 0.25) is 0 Å². The average molecular weight is 449 g/mol. The standard InChI is InChI=1S/C13H17N5O9P2/c14-11-7-12(16-4-15-11)18(5-17-7)8-6-1-2-13(6,10(20)9(8)19)3-26-29(24,25)27-28(21,22)23/h1-2,4-6,8-10,19-20H,3H2,(H,24,25)(H2,14,15,16)(H2,21,22,23)/t6-,8-,9+,10+,13+/m1/s1. The molecule has 16 heteroatoms. The monoisotopic (exact) mass is 449 g/mol. The molecule has 14 nitrogen and oxygen atoms in total. The zero-order valence-corrected chi connectivity index (χ0v) is 16.2. The van der Waals surface area contributed by atoms with Crippen LogP contribution in [0.25, 0.3) is 11.2 Å². The number of nitrogens with two attached hydrogens (primary N) is 1. The van der Waals surface area contributed by atoms with Crippen molar-refractivity contribution in [3.63, 3.8) is 0 Å². The van der Waals surface area contributed by atoms with Crippen LogP contribution in [-0.4, -0.2) is 63.2 Å². The number of aromatic nitrogens is 4. The number of nitrogen functional groups attached to an aromatic ring is 1. The molecule has 2 aliphatic rings. The van der Waals surface area contributed by atoms with Crippen LogP contribution in [0, 0.1) is 11.3 Å². The fourth-order valence-electron chi connectivity index (χ4n) is 3.91. The number of hydrogen-bond donors (Lipinski definition) is 6. The molecule has 1 saturated carbocycles. The van der Waals surface area contributed by atoms with Crippen LogP contribution in [0.5, 0.6) is 0 Å². The second-order valence-electron chi connectivity index (χ2n) is 6.82. The van der Waals surface area contributed by atoms with Crippen LogP contribution in [0.3, 0.4) is 0 Å². The smallest absolute Gasteiger partial charge is 0.389 e. The lowest BCUT2D eigenvalue weighted by Crippen LogP contribution is -2.44. The highest BCUT2D eigenvalue weighted by atomic mass is 31.3. The van der Waals surface area contributed by atoms with E-state index in [0.717, 1.165) is 0 Å². The highest BCUT2D eigenvalue weighted by molar-refractivity contribution is 7.60. The lowest BCUT2D eigenvalue weighted by atomic mass is 9.68. The summed E-state index contributed by atoms with van der Waals surface area (Å²) in [5, 5.41) is 21.3. The Kier molecular flexibility index (Phi) is 4.70. The van der Waals surface area contributed by atoms with Gasteiger partial charge in [-0.1, -0.05) is 12.2 Å². The highest BCUT2D eigenvalue weighted by Gasteiger charge is 2.63. The van der Waals surface area contributed by atoms with Crippen LogP contribution in [0.4, 0.5) is 5.82 Å². The molecular weight excluding hydrogens is 432 g/mol. The van der Waals surface area contributed by atoms with E-state index in [1.165, 1.54) is 23.3 Å². The Morgan fingerprint density at radius 1 is 1.21 bits per heavy atom. The second-order valence-corrected chi connectivity index (χ2v) is 9.65. The molecule has 158 valence electrons. The Morgan fingerprint density at radius 3 is 2.55 bits per heavy atom. The van der Waals surface area contributed by atoms with Crippen molar-refractivity contribution in [2.75, 3.05) is 12.3 Å². The van der Waals surface area contributed by atoms with Gasteiger partial charge < -0.3 is 35.2 Å². The summed E-state index contributed by atoms with van der Waals surface area (Å²) in [6.45, 7) is -0.638. The average Bonchev–Trinajstić information content (AvgIpc) is 3.05. The number of aliphatic hydroxyl groups is 2. The SMILES string of the molecule is Nc1ncnc2c1ncn2[C@H]1[C@H](O)[C@H](O)[C@]2(COP(=O)(O)OP(=O)(O)O)C=C[C@H]12. The van der Waals surface area contributed by atoms with Gasteiger partial charge in [0.15, 0.2) is 11.5 Å². The molecule has 4 rings (SSSR count). The number of nitrogens with zero attached hydrogens (tertiary/aromatic N) is 4. The molecule has 2 aromatic heterocycles. The molecule has 2 aromatic rings. The van der Waals surface area contributed by atoms with Crippen molar-refractivity contribution in [1.29, 1.82) is 0 Å². The predicted molar refractivity (Wildman–Crippen MR) is 94.8 cm³/mol. The van der Waals surface area contributed by atoms with Crippen LogP contribution >= 0.6 is 15.6 Å².